The molecule has 1 aromatic carbocycles. The molecule has 100 valence electrons. The van der Waals surface area contributed by atoms with Crippen molar-refractivity contribution in [2.75, 3.05) is 5.32 Å². The number of carboxylic acids is 1. The summed E-state index contributed by atoms with van der Waals surface area (Å²) in [5.41, 5.74) is 2.63. The summed E-state index contributed by atoms with van der Waals surface area (Å²) in [5.74, 6) is 0.112. The van der Waals surface area contributed by atoms with Gasteiger partial charge in [-0.2, -0.15) is 0 Å². The number of rotatable bonds is 3. The van der Waals surface area contributed by atoms with Crippen molar-refractivity contribution in [3.63, 3.8) is 0 Å². The summed E-state index contributed by atoms with van der Waals surface area (Å²) in [6.45, 7) is 2.21. The van der Waals surface area contributed by atoms with Crippen molar-refractivity contribution >= 4 is 11.7 Å². The van der Waals surface area contributed by atoms with Gasteiger partial charge in [-0.25, -0.2) is 4.79 Å². The van der Waals surface area contributed by atoms with E-state index in [1.807, 2.05) is 12.1 Å². The normalized spacial score (nSPS) is 27.5. The zero-order valence-corrected chi connectivity index (χ0v) is 11.1. The number of aromatic carboxylic acids is 1. The van der Waals surface area contributed by atoms with Crippen LogP contribution < -0.4 is 5.32 Å². The Labute approximate surface area is 113 Å². The third-order valence-corrected chi connectivity index (χ3v) is 4.33. The van der Waals surface area contributed by atoms with Crippen LogP contribution in [0.3, 0.4) is 0 Å². The molecule has 1 aliphatic carbocycles. The third kappa shape index (κ3) is 2.03. The first-order valence-electron chi connectivity index (χ1n) is 7.01. The molecule has 1 heterocycles. The molecule has 3 atom stereocenters. The van der Waals surface area contributed by atoms with E-state index >= 15 is 0 Å². The summed E-state index contributed by atoms with van der Waals surface area (Å²) >= 11 is 0. The molecule has 1 aromatic rings. The summed E-state index contributed by atoms with van der Waals surface area (Å²) in [6.07, 6.45) is 7.92. The highest BCUT2D eigenvalue weighted by Crippen LogP contribution is 2.45. The van der Waals surface area contributed by atoms with Gasteiger partial charge in [0.15, 0.2) is 0 Å². The van der Waals surface area contributed by atoms with Crippen LogP contribution >= 0.6 is 0 Å². The molecule has 0 fully saturated rings. The first kappa shape index (κ1) is 12.3. The molecular weight excluding hydrogens is 238 g/mol. The van der Waals surface area contributed by atoms with E-state index in [0.717, 1.165) is 17.7 Å². The Morgan fingerprint density at radius 1 is 1.47 bits per heavy atom. The van der Waals surface area contributed by atoms with Gasteiger partial charge in [-0.15, -0.1) is 0 Å². The highest BCUT2D eigenvalue weighted by atomic mass is 16.4. The Morgan fingerprint density at radius 3 is 3.05 bits per heavy atom. The van der Waals surface area contributed by atoms with Crippen molar-refractivity contribution in [3.8, 4) is 0 Å². The molecule has 0 radical (unpaired) electrons. The van der Waals surface area contributed by atoms with E-state index in [1.54, 1.807) is 6.07 Å². The second-order valence-electron chi connectivity index (χ2n) is 5.50. The van der Waals surface area contributed by atoms with E-state index in [1.165, 1.54) is 12.8 Å². The van der Waals surface area contributed by atoms with Crippen molar-refractivity contribution < 1.29 is 9.90 Å². The predicted octanol–water partition coefficient (Wildman–Crippen LogP) is 3.64. The number of benzene rings is 1. The number of allylic oxidation sites excluding steroid dienone is 2. The number of carbonyl (C=O) groups is 1. The van der Waals surface area contributed by atoms with Gasteiger partial charge in [0, 0.05) is 17.6 Å². The van der Waals surface area contributed by atoms with Gasteiger partial charge in [0.1, 0.15) is 0 Å². The summed E-state index contributed by atoms with van der Waals surface area (Å²) in [4.78, 5) is 11.1. The average molecular weight is 257 g/mol. The summed E-state index contributed by atoms with van der Waals surface area (Å²) in [5, 5.41) is 12.7. The number of fused-ring (bicyclic) bond motifs is 3. The average Bonchev–Trinajstić information content (AvgIpc) is 2.88. The third-order valence-electron chi connectivity index (χ3n) is 4.33. The quantitative estimate of drug-likeness (QED) is 0.813. The lowest BCUT2D eigenvalue weighted by molar-refractivity contribution is 0.0696. The van der Waals surface area contributed by atoms with E-state index < -0.39 is 5.97 Å². The summed E-state index contributed by atoms with van der Waals surface area (Å²) < 4.78 is 0. The lowest BCUT2D eigenvalue weighted by Crippen LogP contribution is -2.35. The number of carboxylic acid groups (broad SMARTS) is 1. The van der Waals surface area contributed by atoms with Crippen LogP contribution in [0.25, 0.3) is 0 Å². The molecule has 2 N–H and O–H groups in total. The lowest BCUT2D eigenvalue weighted by Gasteiger charge is -2.37. The Morgan fingerprint density at radius 2 is 2.32 bits per heavy atom. The first-order chi connectivity index (χ1) is 9.20. The van der Waals surface area contributed by atoms with Crippen molar-refractivity contribution in [3.05, 3.63) is 41.5 Å². The van der Waals surface area contributed by atoms with E-state index in [9.17, 15) is 4.79 Å². The lowest BCUT2D eigenvalue weighted by atomic mass is 9.77. The highest BCUT2D eigenvalue weighted by molar-refractivity contribution is 5.88. The minimum absolute atomic E-state index is 0.382. The van der Waals surface area contributed by atoms with Crippen LogP contribution in [0.5, 0.6) is 0 Å². The van der Waals surface area contributed by atoms with Crippen LogP contribution in [0.2, 0.25) is 0 Å². The molecule has 0 aromatic heterocycles. The van der Waals surface area contributed by atoms with Crippen LogP contribution in [0.1, 0.15) is 48.0 Å². The van der Waals surface area contributed by atoms with E-state index in [-0.39, 0.29) is 0 Å². The van der Waals surface area contributed by atoms with E-state index in [4.69, 9.17) is 5.11 Å². The molecular formula is C16H19NO2. The molecule has 3 nitrogen and oxygen atoms in total. The summed E-state index contributed by atoms with van der Waals surface area (Å²) in [6, 6.07) is 5.95. The second kappa shape index (κ2) is 4.72. The molecule has 0 amide bonds. The van der Waals surface area contributed by atoms with Gasteiger partial charge in [-0.05, 0) is 42.5 Å². The van der Waals surface area contributed by atoms with Crippen LogP contribution in [-0.2, 0) is 0 Å². The Bertz CT molecular complexity index is 536. The van der Waals surface area contributed by atoms with E-state index in [0.29, 0.717) is 23.4 Å². The van der Waals surface area contributed by atoms with Gasteiger partial charge in [0.2, 0.25) is 0 Å². The zero-order chi connectivity index (χ0) is 13.4. The molecule has 0 unspecified atom stereocenters. The van der Waals surface area contributed by atoms with Gasteiger partial charge in [-0.1, -0.05) is 25.5 Å². The monoisotopic (exact) mass is 257 g/mol. The van der Waals surface area contributed by atoms with E-state index in [2.05, 4.69) is 24.4 Å². The standard InChI is InChI=1S/C16H19NO2/c1-2-4-14-12-6-3-5-11(12)13-9-10(16(18)19)7-8-15(13)17-14/h3,5,7-9,11-12,14,17H,2,4,6H2,1H3,(H,18,19)/t11-,12-,14-/m1/s1. The fraction of sp³-hybridized carbons (Fsp3) is 0.438. The maximum absolute atomic E-state index is 11.1. The second-order valence-corrected chi connectivity index (χ2v) is 5.50. The molecule has 19 heavy (non-hydrogen) atoms. The molecule has 0 spiro atoms. The summed E-state index contributed by atoms with van der Waals surface area (Å²) in [7, 11) is 0. The van der Waals surface area contributed by atoms with Gasteiger partial charge in [0.05, 0.1) is 5.56 Å². The van der Waals surface area contributed by atoms with Gasteiger partial charge in [0.25, 0.3) is 0 Å². The fourth-order valence-corrected chi connectivity index (χ4v) is 3.43. The van der Waals surface area contributed by atoms with Crippen molar-refractivity contribution in [1.82, 2.24) is 0 Å². The Balaban J connectivity index is 2.00. The minimum atomic E-state index is -0.850. The minimum Gasteiger partial charge on any atom is -0.478 e. The maximum atomic E-state index is 11.1. The Hall–Kier alpha value is -1.77. The van der Waals surface area contributed by atoms with Crippen molar-refractivity contribution in [1.29, 1.82) is 0 Å². The Kier molecular flexibility index (Phi) is 3.05. The molecule has 0 saturated carbocycles. The molecule has 3 rings (SSSR count). The number of anilines is 1. The van der Waals surface area contributed by atoms with Crippen molar-refractivity contribution in [2.24, 2.45) is 5.92 Å². The van der Waals surface area contributed by atoms with Gasteiger partial charge >= 0.3 is 5.97 Å². The van der Waals surface area contributed by atoms with Gasteiger partial charge < -0.3 is 10.4 Å². The number of hydrogen-bond acceptors (Lipinski definition) is 2. The smallest absolute Gasteiger partial charge is 0.335 e. The van der Waals surface area contributed by atoms with Crippen LogP contribution in [0, 0.1) is 5.92 Å². The molecule has 0 bridgehead atoms. The zero-order valence-electron chi connectivity index (χ0n) is 11.1. The molecule has 0 saturated heterocycles. The predicted molar refractivity (Wildman–Crippen MR) is 75.7 cm³/mol. The molecule has 2 aliphatic rings. The van der Waals surface area contributed by atoms with Crippen molar-refractivity contribution in [2.45, 2.75) is 38.1 Å². The SMILES string of the molecule is CCC[C@H]1Nc2ccc(C(=O)O)cc2[C@@H]2C=CC[C@@H]12. The molecule has 3 heteroatoms. The fourth-order valence-electron chi connectivity index (χ4n) is 3.43. The first-order valence-corrected chi connectivity index (χ1v) is 7.01. The topological polar surface area (TPSA) is 49.3 Å². The molecule has 1 aliphatic heterocycles. The van der Waals surface area contributed by atoms with Crippen LogP contribution in [0.4, 0.5) is 5.69 Å². The number of hydrogen-bond donors (Lipinski definition) is 2. The highest BCUT2D eigenvalue weighted by Gasteiger charge is 2.36. The van der Waals surface area contributed by atoms with Crippen LogP contribution in [0.15, 0.2) is 30.4 Å². The van der Waals surface area contributed by atoms with Crippen LogP contribution in [-0.4, -0.2) is 17.1 Å². The number of nitrogens with one attached hydrogen (secondary N) is 1. The largest absolute Gasteiger partial charge is 0.478 e. The van der Waals surface area contributed by atoms with Gasteiger partial charge in [-0.3, -0.25) is 0 Å². The maximum Gasteiger partial charge on any atom is 0.335 e.